The van der Waals surface area contributed by atoms with Crippen molar-refractivity contribution in [3.8, 4) is 0 Å². The van der Waals surface area contributed by atoms with Gasteiger partial charge in [0.1, 0.15) is 0 Å². The Bertz CT molecular complexity index is 268. The van der Waals surface area contributed by atoms with Crippen LogP contribution in [0.2, 0.25) is 0 Å². The monoisotopic (exact) mass is 233 g/mol. The van der Waals surface area contributed by atoms with Gasteiger partial charge >= 0.3 is 0 Å². The third kappa shape index (κ3) is 4.51. The van der Waals surface area contributed by atoms with Gasteiger partial charge in [-0.15, -0.1) is 0 Å². The van der Waals surface area contributed by atoms with Crippen LogP contribution in [0.5, 0.6) is 0 Å². The quantitative estimate of drug-likeness (QED) is 0.792. The summed E-state index contributed by atoms with van der Waals surface area (Å²) >= 11 is 0. The van der Waals surface area contributed by atoms with Crippen molar-refractivity contribution in [2.75, 3.05) is 5.75 Å². The Kier molecular flexibility index (Phi) is 5.06. The van der Waals surface area contributed by atoms with Crippen molar-refractivity contribution >= 4 is 10.0 Å². The van der Waals surface area contributed by atoms with Crippen LogP contribution >= 0.6 is 0 Å². The topological polar surface area (TPSA) is 46.2 Å². The number of rotatable bonds is 5. The summed E-state index contributed by atoms with van der Waals surface area (Å²) in [6, 6.07) is 0.113. The van der Waals surface area contributed by atoms with Crippen molar-refractivity contribution in [2.24, 2.45) is 5.92 Å². The highest BCUT2D eigenvalue weighted by Gasteiger charge is 2.23. The number of nitrogens with one attached hydrogen (secondary N) is 1. The van der Waals surface area contributed by atoms with Crippen LogP contribution in [0.4, 0.5) is 0 Å². The normalized spacial score (nSPS) is 21.5. The first kappa shape index (κ1) is 13.0. The fraction of sp³-hybridized carbons (Fsp3) is 1.00. The molecule has 0 aromatic carbocycles. The molecule has 0 bridgehead atoms. The number of hydrogen-bond donors (Lipinski definition) is 1. The second-order valence-electron chi connectivity index (χ2n) is 4.62. The van der Waals surface area contributed by atoms with Gasteiger partial charge in [0.05, 0.1) is 5.75 Å². The molecule has 15 heavy (non-hydrogen) atoms. The third-order valence-corrected chi connectivity index (χ3v) is 4.87. The van der Waals surface area contributed by atoms with Crippen molar-refractivity contribution in [1.29, 1.82) is 0 Å². The average Bonchev–Trinajstić information content (AvgIpc) is 2.18. The summed E-state index contributed by atoms with van der Waals surface area (Å²) in [7, 11) is -3.03. The molecule has 1 unspecified atom stereocenters. The van der Waals surface area contributed by atoms with E-state index in [1.165, 1.54) is 32.1 Å². The number of hydrogen-bond acceptors (Lipinski definition) is 2. The third-order valence-electron chi connectivity index (χ3n) is 3.20. The lowest BCUT2D eigenvalue weighted by atomic mass is 9.85. The Morgan fingerprint density at radius 2 is 1.87 bits per heavy atom. The predicted octanol–water partition coefficient (Wildman–Crippen LogP) is 2.28. The first-order valence-electron chi connectivity index (χ1n) is 6.05. The Hall–Kier alpha value is -0.0900. The van der Waals surface area contributed by atoms with E-state index in [9.17, 15) is 8.42 Å². The van der Waals surface area contributed by atoms with Crippen molar-refractivity contribution in [3.63, 3.8) is 0 Å². The lowest BCUT2D eigenvalue weighted by Gasteiger charge is -2.28. The van der Waals surface area contributed by atoms with E-state index in [0.717, 1.165) is 0 Å². The Morgan fingerprint density at radius 3 is 2.40 bits per heavy atom. The molecule has 1 fully saturated rings. The molecule has 0 aromatic rings. The van der Waals surface area contributed by atoms with Gasteiger partial charge in [-0.2, -0.15) is 0 Å². The first-order chi connectivity index (χ1) is 7.05. The van der Waals surface area contributed by atoms with Crippen LogP contribution in [-0.4, -0.2) is 20.2 Å². The molecule has 0 spiro atoms. The molecule has 1 atom stereocenters. The molecule has 0 heterocycles. The summed E-state index contributed by atoms with van der Waals surface area (Å²) in [5, 5.41) is 0. The summed E-state index contributed by atoms with van der Waals surface area (Å²) in [6.07, 6.45) is 6.86. The molecule has 0 aliphatic heterocycles. The van der Waals surface area contributed by atoms with E-state index in [1.54, 1.807) is 0 Å². The molecule has 1 rings (SSSR count). The van der Waals surface area contributed by atoms with E-state index in [1.807, 2.05) is 13.8 Å². The van der Waals surface area contributed by atoms with Crippen LogP contribution in [0.3, 0.4) is 0 Å². The second kappa shape index (κ2) is 5.85. The minimum atomic E-state index is -3.03. The van der Waals surface area contributed by atoms with E-state index in [-0.39, 0.29) is 11.8 Å². The van der Waals surface area contributed by atoms with Gasteiger partial charge in [0, 0.05) is 6.04 Å². The van der Waals surface area contributed by atoms with Gasteiger partial charge in [-0.25, -0.2) is 13.1 Å². The summed E-state index contributed by atoms with van der Waals surface area (Å²) in [5.74, 6) is 0.801. The highest BCUT2D eigenvalue weighted by atomic mass is 32.2. The summed E-state index contributed by atoms with van der Waals surface area (Å²) in [4.78, 5) is 0. The minimum absolute atomic E-state index is 0.113. The zero-order chi connectivity index (χ0) is 11.3. The highest BCUT2D eigenvalue weighted by molar-refractivity contribution is 7.89. The van der Waals surface area contributed by atoms with Crippen LogP contribution in [0, 0.1) is 5.92 Å². The van der Waals surface area contributed by atoms with Crippen LogP contribution in [-0.2, 0) is 10.0 Å². The average molecular weight is 233 g/mol. The molecular formula is C11H23NO2S. The standard InChI is InChI=1S/C11H23NO2S/c1-3-9-15(13,14)12-10(2)11-7-5-4-6-8-11/h10-12H,3-9H2,1-2H3. The predicted molar refractivity (Wildman–Crippen MR) is 63.3 cm³/mol. The van der Waals surface area contributed by atoms with Crippen molar-refractivity contribution < 1.29 is 8.42 Å². The maximum atomic E-state index is 11.6. The van der Waals surface area contributed by atoms with Crippen LogP contribution in [0.15, 0.2) is 0 Å². The SMILES string of the molecule is CCCS(=O)(=O)NC(C)C1CCCCC1. The molecule has 1 N–H and O–H groups in total. The first-order valence-corrected chi connectivity index (χ1v) is 7.70. The van der Waals surface area contributed by atoms with Gasteiger partial charge in [-0.05, 0) is 32.1 Å². The van der Waals surface area contributed by atoms with E-state index in [0.29, 0.717) is 12.3 Å². The molecule has 1 saturated carbocycles. The summed E-state index contributed by atoms with van der Waals surface area (Å²) in [5.41, 5.74) is 0. The van der Waals surface area contributed by atoms with Gasteiger partial charge < -0.3 is 0 Å². The maximum absolute atomic E-state index is 11.6. The van der Waals surface area contributed by atoms with E-state index in [4.69, 9.17) is 0 Å². The van der Waals surface area contributed by atoms with Gasteiger partial charge in [0.25, 0.3) is 0 Å². The molecule has 0 aromatic heterocycles. The number of sulfonamides is 1. The molecular weight excluding hydrogens is 210 g/mol. The summed E-state index contributed by atoms with van der Waals surface area (Å²) in [6.45, 7) is 3.90. The molecule has 0 saturated heterocycles. The van der Waals surface area contributed by atoms with Gasteiger partial charge in [0.2, 0.25) is 10.0 Å². The Balaban J connectivity index is 2.43. The smallest absolute Gasteiger partial charge is 0.211 e. The molecule has 1 aliphatic carbocycles. The molecule has 4 heteroatoms. The van der Waals surface area contributed by atoms with Crippen molar-refractivity contribution in [1.82, 2.24) is 4.72 Å². The van der Waals surface area contributed by atoms with Gasteiger partial charge in [-0.3, -0.25) is 0 Å². The van der Waals surface area contributed by atoms with E-state index < -0.39 is 10.0 Å². The lowest BCUT2D eigenvalue weighted by molar-refractivity contribution is 0.303. The largest absolute Gasteiger partial charge is 0.212 e. The van der Waals surface area contributed by atoms with Crippen LogP contribution in [0.1, 0.15) is 52.4 Å². The van der Waals surface area contributed by atoms with E-state index >= 15 is 0 Å². The highest BCUT2D eigenvalue weighted by Crippen LogP contribution is 2.26. The molecule has 0 amide bonds. The Morgan fingerprint density at radius 1 is 1.27 bits per heavy atom. The van der Waals surface area contributed by atoms with E-state index in [2.05, 4.69) is 4.72 Å². The summed E-state index contributed by atoms with van der Waals surface area (Å²) < 4.78 is 25.9. The lowest BCUT2D eigenvalue weighted by Crippen LogP contribution is -2.39. The fourth-order valence-corrected chi connectivity index (χ4v) is 3.76. The second-order valence-corrected chi connectivity index (χ2v) is 6.50. The maximum Gasteiger partial charge on any atom is 0.211 e. The Labute approximate surface area is 93.7 Å². The van der Waals surface area contributed by atoms with Crippen molar-refractivity contribution in [3.05, 3.63) is 0 Å². The zero-order valence-electron chi connectivity index (χ0n) is 9.83. The van der Waals surface area contributed by atoms with Gasteiger partial charge in [-0.1, -0.05) is 26.2 Å². The fourth-order valence-electron chi connectivity index (χ4n) is 2.34. The van der Waals surface area contributed by atoms with Gasteiger partial charge in [0.15, 0.2) is 0 Å². The molecule has 0 radical (unpaired) electrons. The minimum Gasteiger partial charge on any atom is -0.212 e. The molecule has 1 aliphatic rings. The van der Waals surface area contributed by atoms with Crippen molar-refractivity contribution in [2.45, 2.75) is 58.4 Å². The molecule has 90 valence electrons. The van der Waals surface area contributed by atoms with Crippen LogP contribution in [0.25, 0.3) is 0 Å². The molecule has 3 nitrogen and oxygen atoms in total. The zero-order valence-corrected chi connectivity index (χ0v) is 10.6. The van der Waals surface area contributed by atoms with Crippen LogP contribution < -0.4 is 4.72 Å².